The number of nitrogens with zero attached hydrogens (tertiary/aromatic N) is 3. The highest BCUT2D eigenvalue weighted by Gasteiger charge is 2.15. The lowest BCUT2D eigenvalue weighted by Crippen LogP contribution is -2.19. The van der Waals surface area contributed by atoms with Gasteiger partial charge in [0, 0.05) is 13.2 Å². The summed E-state index contributed by atoms with van der Waals surface area (Å²) in [5.41, 5.74) is 2.14. The number of hydrogen-bond donors (Lipinski definition) is 0. The Balaban J connectivity index is 1.77. The number of fused-ring (bicyclic) bond motifs is 2. The topological polar surface area (TPSA) is 82.8 Å². The fourth-order valence-electron chi connectivity index (χ4n) is 3.11. The zero-order valence-electron chi connectivity index (χ0n) is 17.2. The molecule has 2 heterocycles. The molecule has 4 rings (SSSR count). The molecule has 0 N–H and O–H groups in total. The predicted octanol–water partition coefficient (Wildman–Crippen LogP) is 4.27. The first-order valence-electron chi connectivity index (χ1n) is 9.93. The van der Waals surface area contributed by atoms with Crippen LogP contribution in [0.5, 0.6) is 0 Å². The van der Waals surface area contributed by atoms with Gasteiger partial charge in [-0.15, -0.1) is 11.3 Å². The molecule has 0 aliphatic carbocycles. The quantitative estimate of drug-likeness (QED) is 0.307. The van der Waals surface area contributed by atoms with Gasteiger partial charge in [0.15, 0.2) is 9.81 Å². The van der Waals surface area contributed by atoms with Crippen molar-refractivity contribution in [1.82, 2.24) is 9.55 Å². The fraction of sp³-hybridized carbons (Fsp3) is 0.273. The molecule has 0 atom stereocenters. The molecule has 0 fully saturated rings. The van der Waals surface area contributed by atoms with Crippen molar-refractivity contribution in [2.24, 2.45) is 4.99 Å². The van der Waals surface area contributed by atoms with Gasteiger partial charge in [-0.1, -0.05) is 23.5 Å². The van der Waals surface area contributed by atoms with Crippen LogP contribution in [0.1, 0.15) is 34.0 Å². The zero-order chi connectivity index (χ0) is 21.8. The van der Waals surface area contributed by atoms with Crippen LogP contribution in [-0.4, -0.2) is 41.2 Å². The summed E-state index contributed by atoms with van der Waals surface area (Å²) in [7, 11) is 0. The molecular weight excluding hydrogens is 434 g/mol. The van der Waals surface area contributed by atoms with E-state index in [1.165, 1.54) is 22.7 Å². The number of benzene rings is 2. The van der Waals surface area contributed by atoms with Gasteiger partial charge in [-0.25, -0.2) is 9.78 Å². The van der Waals surface area contributed by atoms with Crippen LogP contribution in [0.3, 0.4) is 0 Å². The van der Waals surface area contributed by atoms with Crippen LogP contribution >= 0.6 is 22.7 Å². The maximum atomic E-state index is 12.9. The third kappa shape index (κ3) is 4.58. The summed E-state index contributed by atoms with van der Waals surface area (Å²) < 4.78 is 14.3. The van der Waals surface area contributed by atoms with Gasteiger partial charge in [-0.2, -0.15) is 4.99 Å². The van der Waals surface area contributed by atoms with E-state index in [4.69, 9.17) is 9.47 Å². The number of esters is 1. The van der Waals surface area contributed by atoms with E-state index in [2.05, 4.69) is 9.98 Å². The van der Waals surface area contributed by atoms with E-state index in [1.54, 1.807) is 19.1 Å². The highest BCUT2D eigenvalue weighted by Crippen LogP contribution is 2.23. The third-order valence-corrected chi connectivity index (χ3v) is 6.60. The van der Waals surface area contributed by atoms with Crippen molar-refractivity contribution in [1.29, 1.82) is 0 Å². The lowest BCUT2D eigenvalue weighted by Gasteiger charge is -2.06. The Morgan fingerprint density at radius 3 is 2.68 bits per heavy atom. The monoisotopic (exact) mass is 455 g/mol. The number of rotatable bonds is 7. The number of para-hydroxylation sites is 1. The van der Waals surface area contributed by atoms with E-state index < -0.39 is 0 Å². The average Bonchev–Trinajstić information content (AvgIpc) is 3.35. The van der Waals surface area contributed by atoms with Crippen LogP contribution in [0.25, 0.3) is 20.4 Å². The summed E-state index contributed by atoms with van der Waals surface area (Å²) in [6, 6.07) is 13.0. The molecule has 2 aromatic heterocycles. The van der Waals surface area contributed by atoms with Gasteiger partial charge in [0.05, 0.1) is 39.2 Å². The number of carbonyl (C=O) groups is 2. The van der Waals surface area contributed by atoms with Crippen LogP contribution in [0.2, 0.25) is 0 Å². The lowest BCUT2D eigenvalue weighted by molar-refractivity contribution is 0.0526. The number of aromatic nitrogens is 2. The Bertz CT molecular complexity index is 1290. The van der Waals surface area contributed by atoms with Gasteiger partial charge in [0.25, 0.3) is 0 Å². The van der Waals surface area contributed by atoms with Crippen molar-refractivity contribution in [2.75, 3.05) is 19.8 Å². The largest absolute Gasteiger partial charge is 0.462 e. The normalized spacial score (nSPS) is 12.0. The highest BCUT2D eigenvalue weighted by atomic mass is 32.1. The molecular formula is C22H21N3O4S2. The maximum Gasteiger partial charge on any atom is 0.338 e. The van der Waals surface area contributed by atoms with Crippen molar-refractivity contribution in [3.8, 4) is 0 Å². The van der Waals surface area contributed by atoms with Gasteiger partial charge in [0.2, 0.25) is 0 Å². The first kappa shape index (κ1) is 21.4. The second-order valence-corrected chi connectivity index (χ2v) is 8.58. The molecule has 0 aliphatic heterocycles. The van der Waals surface area contributed by atoms with Crippen LogP contribution in [0.4, 0.5) is 0 Å². The predicted molar refractivity (Wildman–Crippen MR) is 122 cm³/mol. The lowest BCUT2D eigenvalue weighted by atomic mass is 10.2. The summed E-state index contributed by atoms with van der Waals surface area (Å²) in [6.07, 6.45) is 0. The van der Waals surface area contributed by atoms with E-state index >= 15 is 0 Å². The molecule has 0 saturated carbocycles. The number of amides is 1. The molecule has 7 nitrogen and oxygen atoms in total. The molecule has 0 saturated heterocycles. The minimum absolute atomic E-state index is 0.312. The number of hydrogen-bond acceptors (Lipinski definition) is 7. The Labute approximate surface area is 186 Å². The molecule has 160 valence electrons. The minimum atomic E-state index is -0.386. The van der Waals surface area contributed by atoms with E-state index in [-0.39, 0.29) is 11.9 Å². The summed E-state index contributed by atoms with van der Waals surface area (Å²) in [5, 5.41) is 0.349. The number of carbonyl (C=O) groups excluding carboxylic acids is 2. The first-order valence-corrected chi connectivity index (χ1v) is 11.6. The summed E-state index contributed by atoms with van der Waals surface area (Å²) in [6.45, 7) is 5.65. The Hall–Kier alpha value is -2.88. The maximum absolute atomic E-state index is 12.9. The fourth-order valence-corrected chi connectivity index (χ4v) is 5.06. The van der Waals surface area contributed by atoms with Crippen molar-refractivity contribution >= 4 is 55.0 Å². The summed E-state index contributed by atoms with van der Waals surface area (Å²) in [5.74, 6) is -0.758. The molecule has 0 bridgehead atoms. The Morgan fingerprint density at radius 2 is 1.90 bits per heavy atom. The second kappa shape index (κ2) is 9.51. The van der Waals surface area contributed by atoms with Crippen molar-refractivity contribution < 1.29 is 19.1 Å². The molecule has 31 heavy (non-hydrogen) atoms. The van der Waals surface area contributed by atoms with Crippen LogP contribution in [-0.2, 0) is 16.0 Å². The van der Waals surface area contributed by atoms with Crippen LogP contribution in [0, 0.1) is 0 Å². The van der Waals surface area contributed by atoms with Crippen molar-refractivity contribution in [2.45, 2.75) is 20.4 Å². The Morgan fingerprint density at radius 1 is 1.06 bits per heavy atom. The first-order chi connectivity index (χ1) is 15.1. The summed E-state index contributed by atoms with van der Waals surface area (Å²) >= 11 is 2.68. The molecule has 0 spiro atoms. The number of ether oxygens (including phenoxy) is 2. The second-order valence-electron chi connectivity index (χ2n) is 6.54. The molecule has 0 radical (unpaired) electrons. The molecule has 4 aromatic rings. The third-order valence-electron chi connectivity index (χ3n) is 4.53. The van der Waals surface area contributed by atoms with Crippen molar-refractivity contribution in [3.63, 3.8) is 0 Å². The van der Waals surface area contributed by atoms with Gasteiger partial charge in [0.1, 0.15) is 0 Å². The standard InChI is InChI=1S/C22H21N3O4S2/c1-3-28-12-11-25-16-10-9-14(21(27)29-4-2)13-18(16)31-22(25)24-19(26)20-23-15-7-5-6-8-17(15)30-20/h5-10,13H,3-4,11-12H2,1-2H3. The molecule has 0 unspecified atom stereocenters. The minimum Gasteiger partial charge on any atom is -0.462 e. The molecule has 0 aliphatic rings. The smallest absolute Gasteiger partial charge is 0.338 e. The highest BCUT2D eigenvalue weighted by molar-refractivity contribution is 7.20. The average molecular weight is 456 g/mol. The van der Waals surface area contributed by atoms with E-state index in [9.17, 15) is 9.59 Å². The zero-order valence-corrected chi connectivity index (χ0v) is 18.8. The van der Waals surface area contributed by atoms with Crippen LogP contribution in [0.15, 0.2) is 47.5 Å². The van der Waals surface area contributed by atoms with Gasteiger partial charge < -0.3 is 14.0 Å². The Kier molecular flexibility index (Phi) is 6.55. The number of thiazole rings is 2. The van der Waals surface area contributed by atoms with E-state index in [0.29, 0.717) is 41.7 Å². The van der Waals surface area contributed by atoms with Gasteiger partial charge >= 0.3 is 11.9 Å². The SMILES string of the molecule is CCOCCn1c(=NC(=O)c2nc3ccccc3s2)sc2cc(C(=O)OCC)ccc21. The van der Waals surface area contributed by atoms with Crippen molar-refractivity contribution in [3.05, 3.63) is 57.8 Å². The molecule has 1 amide bonds. The summed E-state index contributed by atoms with van der Waals surface area (Å²) in [4.78, 5) is 34.3. The molecule has 9 heteroatoms. The van der Waals surface area contributed by atoms with Gasteiger partial charge in [-0.3, -0.25) is 4.79 Å². The molecule has 2 aromatic carbocycles. The van der Waals surface area contributed by atoms with Gasteiger partial charge in [-0.05, 0) is 44.2 Å². The van der Waals surface area contributed by atoms with E-state index in [0.717, 1.165) is 20.4 Å². The van der Waals surface area contributed by atoms with Crippen LogP contribution < -0.4 is 4.80 Å². The van der Waals surface area contributed by atoms with E-state index in [1.807, 2.05) is 41.8 Å².